The topological polar surface area (TPSA) is 87.1 Å². The van der Waals surface area contributed by atoms with E-state index in [1.165, 1.54) is 55.6 Å². The van der Waals surface area contributed by atoms with Gasteiger partial charge in [-0.25, -0.2) is 14.0 Å². The molecule has 1 saturated heterocycles. The number of hydrogen-bond acceptors (Lipinski definition) is 4. The molecule has 0 aromatic heterocycles. The molecule has 1 heterocycles. The van der Waals surface area contributed by atoms with Gasteiger partial charge in [0.25, 0.3) is 0 Å². The van der Waals surface area contributed by atoms with E-state index < -0.39 is 11.9 Å². The van der Waals surface area contributed by atoms with Crippen molar-refractivity contribution in [2.75, 3.05) is 26.2 Å². The molecule has 31 heavy (non-hydrogen) atoms. The summed E-state index contributed by atoms with van der Waals surface area (Å²) in [5.74, 6) is -3.18. The van der Waals surface area contributed by atoms with Crippen molar-refractivity contribution in [2.45, 2.75) is 25.7 Å². The summed E-state index contributed by atoms with van der Waals surface area (Å²) in [4.78, 5) is 20.7. The lowest BCUT2D eigenvalue weighted by Crippen LogP contribution is -2.29. The summed E-state index contributed by atoms with van der Waals surface area (Å²) in [6.07, 6.45) is 9.36. The third kappa shape index (κ3) is 9.91. The molecule has 0 radical (unpaired) electrons. The Morgan fingerprint density at radius 1 is 0.935 bits per heavy atom. The zero-order chi connectivity index (χ0) is 22.5. The molecule has 1 fully saturated rings. The second kappa shape index (κ2) is 13.2. The Morgan fingerprint density at radius 2 is 1.55 bits per heavy atom. The van der Waals surface area contributed by atoms with Gasteiger partial charge < -0.3 is 14.9 Å². The van der Waals surface area contributed by atoms with Crippen LogP contribution in [0.25, 0.3) is 6.08 Å². The number of likely N-dealkylation sites (tertiary alicyclic amines) is 1. The number of carboxylic acid groups (broad SMARTS) is 2. The minimum absolute atomic E-state index is 0.240. The predicted molar refractivity (Wildman–Crippen MR) is 117 cm³/mol. The molecule has 2 aromatic rings. The Balaban J connectivity index is 0.000000501. The summed E-state index contributed by atoms with van der Waals surface area (Å²) < 4.78 is 18.5. The lowest BCUT2D eigenvalue weighted by molar-refractivity contribution is -0.159. The number of ether oxygens (including phenoxy) is 1. The van der Waals surface area contributed by atoms with E-state index in [2.05, 4.69) is 41.3 Å². The molecule has 0 aliphatic carbocycles. The maximum atomic E-state index is 12.8. The average molecular weight is 429 g/mol. The monoisotopic (exact) mass is 429 g/mol. The van der Waals surface area contributed by atoms with Gasteiger partial charge in [0.2, 0.25) is 0 Å². The van der Waals surface area contributed by atoms with Crippen LogP contribution in [0, 0.1) is 5.82 Å². The molecular formula is C24H28FNO5. The van der Waals surface area contributed by atoms with Crippen LogP contribution in [0.4, 0.5) is 4.39 Å². The maximum absolute atomic E-state index is 12.8. The Bertz CT molecular complexity index is 831. The standard InChI is InChI=1S/C22H26FNO.C2H2O4/c23-21-10-12-22(13-11-21)25-18-14-20-8-6-19(7-9-20)5-4-17-24-15-2-1-3-16-24;3-1(4)2(5)6/h4-13H,1-3,14-18H2;(H,3,4)(H,5,6)/b5-4+;. The van der Waals surface area contributed by atoms with Gasteiger partial charge in [-0.15, -0.1) is 0 Å². The van der Waals surface area contributed by atoms with Crippen LogP contribution < -0.4 is 4.74 Å². The molecule has 2 aromatic carbocycles. The number of carboxylic acids is 2. The van der Waals surface area contributed by atoms with Gasteiger partial charge in [0.1, 0.15) is 11.6 Å². The van der Waals surface area contributed by atoms with Crippen LogP contribution in [0.1, 0.15) is 30.4 Å². The number of piperidine rings is 1. The van der Waals surface area contributed by atoms with E-state index in [9.17, 15) is 4.39 Å². The Labute approximate surface area is 181 Å². The fraction of sp³-hybridized carbons (Fsp3) is 0.333. The van der Waals surface area contributed by atoms with Crippen LogP contribution in [0.2, 0.25) is 0 Å². The van der Waals surface area contributed by atoms with Crippen molar-refractivity contribution in [3.05, 3.63) is 71.6 Å². The fourth-order valence-electron chi connectivity index (χ4n) is 3.09. The lowest BCUT2D eigenvalue weighted by atomic mass is 10.1. The average Bonchev–Trinajstić information content (AvgIpc) is 2.77. The lowest BCUT2D eigenvalue weighted by Gasteiger charge is -2.24. The normalized spacial score (nSPS) is 14.0. The van der Waals surface area contributed by atoms with E-state index >= 15 is 0 Å². The van der Waals surface area contributed by atoms with Gasteiger partial charge in [0.15, 0.2) is 0 Å². The quantitative estimate of drug-likeness (QED) is 0.645. The number of aliphatic carboxylic acids is 2. The van der Waals surface area contributed by atoms with Crippen molar-refractivity contribution >= 4 is 18.0 Å². The van der Waals surface area contributed by atoms with Gasteiger partial charge >= 0.3 is 11.9 Å². The van der Waals surface area contributed by atoms with Gasteiger partial charge in [0.05, 0.1) is 6.61 Å². The maximum Gasteiger partial charge on any atom is 0.414 e. The van der Waals surface area contributed by atoms with Crippen molar-refractivity contribution in [1.82, 2.24) is 4.90 Å². The van der Waals surface area contributed by atoms with Crippen LogP contribution in [-0.4, -0.2) is 53.3 Å². The summed E-state index contributed by atoms with van der Waals surface area (Å²) >= 11 is 0. The zero-order valence-corrected chi connectivity index (χ0v) is 17.4. The van der Waals surface area contributed by atoms with Crippen LogP contribution in [0.5, 0.6) is 5.75 Å². The number of nitrogens with zero attached hydrogens (tertiary/aromatic N) is 1. The number of carbonyl (C=O) groups is 2. The number of benzene rings is 2. The first kappa shape index (κ1) is 24.1. The number of rotatable bonds is 7. The molecule has 0 saturated carbocycles. The SMILES string of the molecule is Fc1ccc(OCCc2ccc(/C=C/CN3CCCCC3)cc2)cc1.O=C(O)C(=O)O. The molecular weight excluding hydrogens is 401 g/mol. The van der Waals surface area contributed by atoms with E-state index in [-0.39, 0.29) is 5.82 Å². The molecule has 1 aliphatic heterocycles. The van der Waals surface area contributed by atoms with Crippen LogP contribution in [0.15, 0.2) is 54.6 Å². The van der Waals surface area contributed by atoms with E-state index in [4.69, 9.17) is 24.5 Å². The smallest absolute Gasteiger partial charge is 0.414 e. The molecule has 0 amide bonds. The third-order valence-electron chi connectivity index (χ3n) is 4.76. The summed E-state index contributed by atoms with van der Waals surface area (Å²) in [7, 11) is 0. The fourth-order valence-corrected chi connectivity index (χ4v) is 3.09. The number of hydrogen-bond donors (Lipinski definition) is 2. The second-order valence-electron chi connectivity index (χ2n) is 7.17. The van der Waals surface area contributed by atoms with Crippen LogP contribution in [0.3, 0.4) is 0 Å². The van der Waals surface area contributed by atoms with E-state index in [1.54, 1.807) is 12.1 Å². The highest BCUT2D eigenvalue weighted by atomic mass is 19.1. The Hall–Kier alpha value is -3.19. The zero-order valence-electron chi connectivity index (χ0n) is 17.4. The molecule has 0 spiro atoms. The van der Waals surface area contributed by atoms with E-state index in [1.807, 2.05) is 0 Å². The van der Waals surface area contributed by atoms with Crippen molar-refractivity contribution in [3.8, 4) is 5.75 Å². The molecule has 7 heteroatoms. The highest BCUT2D eigenvalue weighted by molar-refractivity contribution is 6.27. The minimum Gasteiger partial charge on any atom is -0.493 e. The predicted octanol–water partition coefficient (Wildman–Crippen LogP) is 4.10. The van der Waals surface area contributed by atoms with E-state index in [0.717, 1.165) is 13.0 Å². The van der Waals surface area contributed by atoms with Crippen molar-refractivity contribution in [2.24, 2.45) is 0 Å². The summed E-state index contributed by atoms with van der Waals surface area (Å²) in [5.41, 5.74) is 2.48. The molecule has 6 nitrogen and oxygen atoms in total. The van der Waals surface area contributed by atoms with Gasteiger partial charge in [-0.2, -0.15) is 0 Å². The van der Waals surface area contributed by atoms with Gasteiger partial charge in [-0.3, -0.25) is 4.90 Å². The van der Waals surface area contributed by atoms with Crippen molar-refractivity contribution < 1.29 is 28.9 Å². The summed E-state index contributed by atoms with van der Waals surface area (Å²) in [5, 5.41) is 14.8. The molecule has 166 valence electrons. The Morgan fingerprint density at radius 3 is 2.13 bits per heavy atom. The van der Waals surface area contributed by atoms with Gasteiger partial charge in [0, 0.05) is 13.0 Å². The molecule has 0 unspecified atom stereocenters. The molecule has 3 rings (SSSR count). The molecule has 0 atom stereocenters. The minimum atomic E-state index is -1.82. The number of halogens is 1. The molecule has 1 aliphatic rings. The van der Waals surface area contributed by atoms with Crippen LogP contribution >= 0.6 is 0 Å². The first-order chi connectivity index (χ1) is 14.9. The first-order valence-electron chi connectivity index (χ1n) is 10.3. The first-order valence-corrected chi connectivity index (χ1v) is 10.3. The third-order valence-corrected chi connectivity index (χ3v) is 4.76. The van der Waals surface area contributed by atoms with Gasteiger partial charge in [-0.1, -0.05) is 42.8 Å². The molecule has 2 N–H and O–H groups in total. The Kier molecular flexibility index (Phi) is 10.2. The summed E-state index contributed by atoms with van der Waals surface area (Å²) in [6.45, 7) is 4.11. The summed E-state index contributed by atoms with van der Waals surface area (Å²) in [6, 6.07) is 14.8. The highest BCUT2D eigenvalue weighted by Crippen LogP contribution is 2.13. The van der Waals surface area contributed by atoms with Crippen LogP contribution in [-0.2, 0) is 16.0 Å². The highest BCUT2D eigenvalue weighted by Gasteiger charge is 2.07. The van der Waals surface area contributed by atoms with Gasteiger partial charge in [-0.05, 0) is 61.3 Å². The van der Waals surface area contributed by atoms with Crippen molar-refractivity contribution in [1.29, 1.82) is 0 Å². The largest absolute Gasteiger partial charge is 0.493 e. The molecule has 0 bridgehead atoms. The van der Waals surface area contributed by atoms with Crippen molar-refractivity contribution in [3.63, 3.8) is 0 Å². The van der Waals surface area contributed by atoms with E-state index in [0.29, 0.717) is 12.4 Å². The second-order valence-corrected chi connectivity index (χ2v) is 7.17.